The Hall–Kier alpha value is -2.40. The van der Waals surface area contributed by atoms with Crippen molar-refractivity contribution in [3.63, 3.8) is 0 Å². The minimum atomic E-state index is -0.950. The Morgan fingerprint density at radius 1 is 1.17 bits per heavy atom. The van der Waals surface area contributed by atoms with Crippen LogP contribution in [-0.2, 0) is 10.3 Å². The number of anilines is 1. The second kappa shape index (κ2) is 7.24. The number of methoxy groups -OCH3 is 1. The van der Waals surface area contributed by atoms with Gasteiger partial charge in [0.05, 0.1) is 6.54 Å². The smallest absolute Gasteiger partial charge is 0.319 e. The van der Waals surface area contributed by atoms with Gasteiger partial charge in [-0.2, -0.15) is 0 Å². The van der Waals surface area contributed by atoms with E-state index in [1.165, 1.54) is 13.2 Å². The molecule has 0 radical (unpaired) electrons. The molecule has 0 saturated carbocycles. The molecule has 0 fully saturated rings. The molecule has 2 N–H and O–H groups in total. The molecule has 122 valence electrons. The van der Waals surface area contributed by atoms with E-state index in [0.717, 1.165) is 11.3 Å². The quantitative estimate of drug-likeness (QED) is 0.881. The van der Waals surface area contributed by atoms with E-state index >= 15 is 0 Å². The fourth-order valence-electron chi connectivity index (χ4n) is 2.30. The third-order valence-corrected chi connectivity index (χ3v) is 3.87. The van der Waals surface area contributed by atoms with Crippen molar-refractivity contribution in [1.29, 1.82) is 0 Å². The van der Waals surface area contributed by atoms with E-state index in [1.807, 2.05) is 31.2 Å². The van der Waals surface area contributed by atoms with Crippen molar-refractivity contribution in [3.05, 3.63) is 65.5 Å². The van der Waals surface area contributed by atoms with Crippen LogP contribution in [0.15, 0.2) is 48.5 Å². The number of para-hydroxylation sites is 1. The summed E-state index contributed by atoms with van der Waals surface area (Å²) in [6.07, 6.45) is 0. The highest BCUT2D eigenvalue weighted by Gasteiger charge is 2.29. The lowest BCUT2D eigenvalue weighted by molar-refractivity contribution is 0.00235. The highest BCUT2D eigenvalue weighted by atomic mass is 19.1. The Labute approximate surface area is 135 Å². The third-order valence-electron chi connectivity index (χ3n) is 3.87. The van der Waals surface area contributed by atoms with Gasteiger partial charge in [0, 0.05) is 18.4 Å². The monoisotopic (exact) mass is 316 g/mol. The summed E-state index contributed by atoms with van der Waals surface area (Å²) < 4.78 is 19.4. The largest absolute Gasteiger partial charge is 0.372 e. The fraction of sp³-hybridized carbons (Fsp3) is 0.278. The van der Waals surface area contributed by atoms with E-state index in [2.05, 4.69) is 10.6 Å². The molecule has 5 heteroatoms. The van der Waals surface area contributed by atoms with Crippen LogP contribution in [-0.4, -0.2) is 19.7 Å². The molecule has 0 aliphatic rings. The lowest BCUT2D eigenvalue weighted by atomic mass is 9.95. The van der Waals surface area contributed by atoms with Crippen LogP contribution in [0.4, 0.5) is 14.9 Å². The average Bonchev–Trinajstić information content (AvgIpc) is 2.55. The third kappa shape index (κ3) is 4.07. The maximum Gasteiger partial charge on any atom is 0.319 e. The second-order valence-corrected chi connectivity index (χ2v) is 5.54. The Morgan fingerprint density at radius 3 is 2.48 bits per heavy atom. The summed E-state index contributed by atoms with van der Waals surface area (Å²) in [6.45, 7) is 3.79. The highest BCUT2D eigenvalue weighted by Crippen LogP contribution is 2.26. The van der Waals surface area contributed by atoms with E-state index in [0.29, 0.717) is 5.56 Å². The SMILES string of the molecule is CO[C@@](C)(CNC(=O)Nc1ccccc1C)c1ccccc1F. The fourth-order valence-corrected chi connectivity index (χ4v) is 2.30. The summed E-state index contributed by atoms with van der Waals surface area (Å²) in [4.78, 5) is 12.1. The van der Waals surface area contributed by atoms with Crippen LogP contribution in [0.5, 0.6) is 0 Å². The topological polar surface area (TPSA) is 50.4 Å². The second-order valence-electron chi connectivity index (χ2n) is 5.54. The van der Waals surface area contributed by atoms with Crippen molar-refractivity contribution < 1.29 is 13.9 Å². The number of rotatable bonds is 5. The first kappa shape index (κ1) is 17.0. The highest BCUT2D eigenvalue weighted by molar-refractivity contribution is 5.90. The van der Waals surface area contributed by atoms with Crippen LogP contribution in [0.2, 0.25) is 0 Å². The molecule has 2 rings (SSSR count). The Balaban J connectivity index is 2.04. The zero-order valence-corrected chi connectivity index (χ0v) is 13.5. The number of halogens is 1. The molecule has 0 aliphatic heterocycles. The average molecular weight is 316 g/mol. The summed E-state index contributed by atoms with van der Waals surface area (Å²) in [5.41, 5.74) is 1.15. The zero-order valence-electron chi connectivity index (χ0n) is 13.5. The van der Waals surface area contributed by atoms with Gasteiger partial charge in [0.15, 0.2) is 0 Å². The number of urea groups is 1. The van der Waals surface area contributed by atoms with Crippen molar-refractivity contribution in [1.82, 2.24) is 5.32 Å². The number of ether oxygens (including phenoxy) is 1. The van der Waals surface area contributed by atoms with Gasteiger partial charge in [0.25, 0.3) is 0 Å². The van der Waals surface area contributed by atoms with E-state index in [1.54, 1.807) is 25.1 Å². The number of carbonyl (C=O) groups is 1. The van der Waals surface area contributed by atoms with Gasteiger partial charge in [-0.1, -0.05) is 36.4 Å². The summed E-state index contributed by atoms with van der Waals surface area (Å²) >= 11 is 0. The molecule has 0 aromatic heterocycles. The van der Waals surface area contributed by atoms with Gasteiger partial charge in [0.1, 0.15) is 11.4 Å². The molecule has 4 nitrogen and oxygen atoms in total. The first-order valence-corrected chi connectivity index (χ1v) is 7.37. The van der Waals surface area contributed by atoms with Crippen LogP contribution in [0.3, 0.4) is 0 Å². The number of hydrogen-bond donors (Lipinski definition) is 2. The van der Waals surface area contributed by atoms with Gasteiger partial charge >= 0.3 is 6.03 Å². The minimum Gasteiger partial charge on any atom is -0.372 e. The van der Waals surface area contributed by atoms with Crippen molar-refractivity contribution in [3.8, 4) is 0 Å². The van der Waals surface area contributed by atoms with Gasteiger partial charge in [0.2, 0.25) is 0 Å². The summed E-state index contributed by atoms with van der Waals surface area (Å²) in [7, 11) is 1.49. The van der Waals surface area contributed by atoms with Gasteiger partial charge in [-0.05, 0) is 31.5 Å². The standard InChI is InChI=1S/C18H21FN2O2/c1-13-8-4-7-11-16(13)21-17(22)20-12-18(2,23-3)14-9-5-6-10-15(14)19/h4-11H,12H2,1-3H3,(H2,20,21,22)/t18-/m0/s1. The van der Waals surface area contributed by atoms with E-state index in [-0.39, 0.29) is 18.4 Å². The molecule has 2 aromatic rings. The lowest BCUT2D eigenvalue weighted by Gasteiger charge is -2.29. The predicted octanol–water partition coefficient (Wildman–Crippen LogP) is 3.82. The van der Waals surface area contributed by atoms with Gasteiger partial charge in [-0.3, -0.25) is 0 Å². The maximum atomic E-state index is 14.0. The molecular formula is C18H21FN2O2. The first-order valence-electron chi connectivity index (χ1n) is 7.37. The molecule has 0 bridgehead atoms. The number of aryl methyl sites for hydroxylation is 1. The van der Waals surface area contributed by atoms with Crippen LogP contribution >= 0.6 is 0 Å². The van der Waals surface area contributed by atoms with Gasteiger partial charge < -0.3 is 15.4 Å². The number of carbonyl (C=O) groups excluding carboxylic acids is 1. The molecule has 0 heterocycles. The van der Waals surface area contributed by atoms with Crippen molar-refractivity contribution in [2.45, 2.75) is 19.4 Å². The molecule has 23 heavy (non-hydrogen) atoms. The lowest BCUT2D eigenvalue weighted by Crippen LogP contribution is -2.42. The van der Waals surface area contributed by atoms with Crippen molar-refractivity contribution in [2.75, 3.05) is 19.0 Å². The predicted molar refractivity (Wildman–Crippen MR) is 89.0 cm³/mol. The Bertz CT molecular complexity index is 690. The minimum absolute atomic E-state index is 0.141. The van der Waals surface area contributed by atoms with E-state index < -0.39 is 5.60 Å². The summed E-state index contributed by atoms with van der Waals surface area (Å²) in [5, 5.41) is 5.51. The van der Waals surface area contributed by atoms with Crippen LogP contribution in [0.1, 0.15) is 18.1 Å². The van der Waals surface area contributed by atoms with Gasteiger partial charge in [-0.15, -0.1) is 0 Å². The molecule has 1 atom stereocenters. The zero-order chi connectivity index (χ0) is 16.9. The van der Waals surface area contributed by atoms with Crippen molar-refractivity contribution >= 4 is 11.7 Å². The molecule has 0 aliphatic carbocycles. The summed E-state index contributed by atoms with van der Waals surface area (Å²) in [6, 6.07) is 13.5. The normalized spacial score (nSPS) is 13.2. The number of hydrogen-bond acceptors (Lipinski definition) is 2. The van der Waals surface area contributed by atoms with Crippen molar-refractivity contribution in [2.24, 2.45) is 0 Å². The van der Waals surface area contributed by atoms with Crippen LogP contribution in [0.25, 0.3) is 0 Å². The van der Waals surface area contributed by atoms with Crippen LogP contribution < -0.4 is 10.6 Å². The number of amides is 2. The Morgan fingerprint density at radius 2 is 1.83 bits per heavy atom. The van der Waals surface area contributed by atoms with Gasteiger partial charge in [-0.25, -0.2) is 9.18 Å². The molecule has 2 aromatic carbocycles. The molecular weight excluding hydrogens is 295 g/mol. The number of nitrogens with one attached hydrogen (secondary N) is 2. The number of benzene rings is 2. The Kier molecular flexibility index (Phi) is 5.34. The first-order chi connectivity index (χ1) is 11.0. The molecule has 2 amide bonds. The van der Waals surface area contributed by atoms with Crippen LogP contribution in [0, 0.1) is 12.7 Å². The van der Waals surface area contributed by atoms with E-state index in [4.69, 9.17) is 4.74 Å². The van der Waals surface area contributed by atoms with E-state index in [9.17, 15) is 9.18 Å². The molecule has 0 saturated heterocycles. The molecule has 0 unspecified atom stereocenters. The maximum absolute atomic E-state index is 14.0. The summed E-state index contributed by atoms with van der Waals surface area (Å²) in [5.74, 6) is -0.363. The molecule has 0 spiro atoms.